The van der Waals surface area contributed by atoms with Gasteiger partial charge in [0.05, 0.1) is 12.7 Å². The normalized spacial score (nSPS) is 38.0. The van der Waals surface area contributed by atoms with Gasteiger partial charge >= 0.3 is 5.97 Å². The Labute approximate surface area is 68.0 Å². The number of aliphatic hydroxyl groups excluding tert-OH is 4. The van der Waals surface area contributed by atoms with E-state index in [4.69, 9.17) is 20.4 Å². The standard InChI is InChI=1S/C6H10O6/c7-1-2(8)3-4(9)6(11)12-5(3)10/h2-4,6-9,11H,1H2/t2-,3+,4-,6+/m0/s1. The highest BCUT2D eigenvalue weighted by molar-refractivity contribution is 5.76. The second kappa shape index (κ2) is 3.36. The number of carbonyl (C=O) groups excluding carboxylic acids is 1. The van der Waals surface area contributed by atoms with E-state index in [-0.39, 0.29) is 0 Å². The summed E-state index contributed by atoms with van der Waals surface area (Å²) in [4.78, 5) is 10.8. The number of carbonyl (C=O) groups is 1. The summed E-state index contributed by atoms with van der Waals surface area (Å²) in [6.07, 6.45) is -4.48. The van der Waals surface area contributed by atoms with Gasteiger partial charge in [-0.25, -0.2) is 0 Å². The van der Waals surface area contributed by atoms with Gasteiger partial charge in [-0.3, -0.25) is 4.79 Å². The summed E-state index contributed by atoms with van der Waals surface area (Å²) < 4.78 is 4.20. The lowest BCUT2D eigenvalue weighted by Gasteiger charge is -2.14. The van der Waals surface area contributed by atoms with Crippen molar-refractivity contribution >= 4 is 5.97 Å². The van der Waals surface area contributed by atoms with E-state index >= 15 is 0 Å². The Morgan fingerprint density at radius 1 is 1.50 bits per heavy atom. The Morgan fingerprint density at radius 3 is 2.42 bits per heavy atom. The highest BCUT2D eigenvalue weighted by Crippen LogP contribution is 2.23. The molecule has 6 nitrogen and oxygen atoms in total. The molecule has 0 unspecified atom stereocenters. The van der Waals surface area contributed by atoms with Crippen LogP contribution in [0.1, 0.15) is 0 Å². The van der Waals surface area contributed by atoms with Gasteiger partial charge in [-0.15, -0.1) is 0 Å². The zero-order chi connectivity index (χ0) is 9.30. The van der Waals surface area contributed by atoms with Gasteiger partial charge in [0.15, 0.2) is 0 Å². The molecule has 70 valence electrons. The third kappa shape index (κ3) is 1.42. The first-order chi connectivity index (χ1) is 5.57. The van der Waals surface area contributed by atoms with Crippen molar-refractivity contribution in [2.45, 2.75) is 18.5 Å². The molecule has 1 rings (SSSR count). The Balaban J connectivity index is 2.69. The molecule has 4 N–H and O–H groups in total. The Morgan fingerprint density at radius 2 is 2.08 bits per heavy atom. The van der Waals surface area contributed by atoms with Gasteiger partial charge in [0.25, 0.3) is 0 Å². The zero-order valence-corrected chi connectivity index (χ0v) is 6.12. The minimum Gasteiger partial charge on any atom is -0.433 e. The van der Waals surface area contributed by atoms with Crippen LogP contribution in [0.15, 0.2) is 0 Å². The summed E-state index contributed by atoms with van der Waals surface area (Å²) in [6, 6.07) is 0. The van der Waals surface area contributed by atoms with Crippen LogP contribution in [-0.2, 0) is 9.53 Å². The van der Waals surface area contributed by atoms with Crippen LogP contribution in [0.5, 0.6) is 0 Å². The molecule has 1 fully saturated rings. The van der Waals surface area contributed by atoms with Gasteiger partial charge in [0, 0.05) is 0 Å². The number of esters is 1. The van der Waals surface area contributed by atoms with Crippen LogP contribution in [0, 0.1) is 5.92 Å². The van der Waals surface area contributed by atoms with Crippen molar-refractivity contribution < 1.29 is 30.0 Å². The van der Waals surface area contributed by atoms with E-state index in [2.05, 4.69) is 4.74 Å². The highest BCUT2D eigenvalue weighted by atomic mass is 16.7. The van der Waals surface area contributed by atoms with Gasteiger partial charge in [0.2, 0.25) is 6.29 Å². The summed E-state index contributed by atoms with van der Waals surface area (Å²) in [5, 5.41) is 35.3. The lowest BCUT2D eigenvalue weighted by molar-refractivity contribution is -0.160. The largest absolute Gasteiger partial charge is 0.433 e. The predicted octanol–water partition coefficient (Wildman–Crippen LogP) is -2.81. The van der Waals surface area contributed by atoms with Crippen molar-refractivity contribution in [3.05, 3.63) is 0 Å². The van der Waals surface area contributed by atoms with Crippen LogP contribution in [0.25, 0.3) is 0 Å². The number of aliphatic hydroxyl groups is 4. The molecule has 0 amide bonds. The minimum atomic E-state index is -1.61. The van der Waals surface area contributed by atoms with E-state index in [0.29, 0.717) is 0 Å². The molecule has 0 radical (unpaired) electrons. The molecule has 0 saturated carbocycles. The van der Waals surface area contributed by atoms with Crippen LogP contribution < -0.4 is 0 Å². The quantitative estimate of drug-likeness (QED) is 0.340. The predicted molar refractivity (Wildman–Crippen MR) is 34.7 cm³/mol. The Bertz CT molecular complexity index is 181. The van der Waals surface area contributed by atoms with Crippen LogP contribution in [0.3, 0.4) is 0 Å². The van der Waals surface area contributed by atoms with E-state index in [1.807, 2.05) is 0 Å². The van der Waals surface area contributed by atoms with Gasteiger partial charge in [-0.05, 0) is 0 Å². The number of hydrogen-bond donors (Lipinski definition) is 4. The molecule has 1 saturated heterocycles. The van der Waals surface area contributed by atoms with E-state index < -0.39 is 37.0 Å². The minimum absolute atomic E-state index is 0.663. The zero-order valence-electron chi connectivity index (χ0n) is 6.12. The average molecular weight is 178 g/mol. The van der Waals surface area contributed by atoms with Crippen molar-refractivity contribution in [2.24, 2.45) is 5.92 Å². The topological polar surface area (TPSA) is 107 Å². The average Bonchev–Trinajstić information content (AvgIpc) is 2.26. The third-order valence-electron chi connectivity index (χ3n) is 1.77. The lowest BCUT2D eigenvalue weighted by atomic mass is 9.98. The monoisotopic (exact) mass is 178 g/mol. The van der Waals surface area contributed by atoms with Crippen LogP contribution in [-0.4, -0.2) is 51.5 Å². The molecule has 1 heterocycles. The van der Waals surface area contributed by atoms with Crippen LogP contribution >= 0.6 is 0 Å². The lowest BCUT2D eigenvalue weighted by Crippen LogP contribution is -2.37. The molecule has 0 bridgehead atoms. The number of cyclic esters (lactones) is 1. The Hall–Kier alpha value is -0.690. The van der Waals surface area contributed by atoms with Gasteiger partial charge in [-0.1, -0.05) is 0 Å². The maximum absolute atomic E-state index is 10.8. The molecule has 0 aliphatic carbocycles. The first-order valence-corrected chi connectivity index (χ1v) is 3.43. The number of hydrogen-bond acceptors (Lipinski definition) is 6. The third-order valence-corrected chi connectivity index (χ3v) is 1.77. The van der Waals surface area contributed by atoms with Crippen LogP contribution in [0.4, 0.5) is 0 Å². The molecular formula is C6H10O6. The van der Waals surface area contributed by atoms with Gasteiger partial charge in [-0.2, -0.15) is 0 Å². The molecule has 12 heavy (non-hydrogen) atoms. The summed E-state index contributed by atoms with van der Waals surface area (Å²) >= 11 is 0. The fourth-order valence-corrected chi connectivity index (χ4v) is 1.08. The van der Waals surface area contributed by atoms with Crippen molar-refractivity contribution in [3.63, 3.8) is 0 Å². The molecular weight excluding hydrogens is 168 g/mol. The van der Waals surface area contributed by atoms with Gasteiger partial charge in [0.1, 0.15) is 12.0 Å². The van der Waals surface area contributed by atoms with E-state index in [1.165, 1.54) is 0 Å². The smallest absolute Gasteiger partial charge is 0.316 e. The molecule has 1 aliphatic heterocycles. The molecule has 0 aromatic carbocycles. The SMILES string of the molecule is O=C1O[C@@H](O)[C@@H](O)[C@H]1[C@@H](O)CO. The van der Waals surface area contributed by atoms with Gasteiger partial charge < -0.3 is 25.2 Å². The van der Waals surface area contributed by atoms with E-state index in [1.54, 1.807) is 0 Å². The number of ether oxygens (including phenoxy) is 1. The summed E-state index contributed by atoms with van der Waals surface area (Å²) in [5.74, 6) is -2.17. The first kappa shape index (κ1) is 9.40. The molecule has 4 atom stereocenters. The highest BCUT2D eigenvalue weighted by Gasteiger charge is 2.46. The molecule has 0 aromatic heterocycles. The van der Waals surface area contributed by atoms with Crippen LogP contribution in [0.2, 0.25) is 0 Å². The van der Waals surface area contributed by atoms with Crippen molar-refractivity contribution in [1.29, 1.82) is 0 Å². The molecule has 1 aliphatic rings. The van der Waals surface area contributed by atoms with Crippen molar-refractivity contribution in [3.8, 4) is 0 Å². The molecule has 0 aromatic rings. The summed E-state index contributed by atoms with van der Waals surface area (Å²) in [7, 11) is 0. The van der Waals surface area contributed by atoms with E-state index in [0.717, 1.165) is 0 Å². The second-order valence-electron chi connectivity index (χ2n) is 2.59. The second-order valence-corrected chi connectivity index (χ2v) is 2.59. The summed E-state index contributed by atoms with van der Waals surface area (Å²) in [6.45, 7) is -0.663. The fourth-order valence-electron chi connectivity index (χ4n) is 1.08. The van der Waals surface area contributed by atoms with Crippen molar-refractivity contribution in [1.82, 2.24) is 0 Å². The number of rotatable bonds is 2. The molecule has 0 spiro atoms. The Kier molecular flexibility index (Phi) is 2.63. The van der Waals surface area contributed by atoms with E-state index in [9.17, 15) is 4.79 Å². The van der Waals surface area contributed by atoms with Crippen molar-refractivity contribution in [2.75, 3.05) is 6.61 Å². The fraction of sp³-hybridized carbons (Fsp3) is 0.833. The maximum Gasteiger partial charge on any atom is 0.316 e. The first-order valence-electron chi connectivity index (χ1n) is 3.43. The molecule has 6 heteroatoms. The maximum atomic E-state index is 10.8. The summed E-state index contributed by atoms with van der Waals surface area (Å²) in [5.41, 5.74) is 0.